The number of benzene rings is 1. The van der Waals surface area contributed by atoms with Crippen LogP contribution in [0.3, 0.4) is 0 Å². The van der Waals surface area contributed by atoms with Gasteiger partial charge in [0, 0.05) is 43.5 Å². The van der Waals surface area contributed by atoms with Crippen LogP contribution >= 0.6 is 0 Å². The summed E-state index contributed by atoms with van der Waals surface area (Å²) in [7, 11) is 1.57. The van der Waals surface area contributed by atoms with Gasteiger partial charge in [-0.1, -0.05) is 0 Å². The Labute approximate surface area is 135 Å². The summed E-state index contributed by atoms with van der Waals surface area (Å²) >= 11 is 0. The first-order valence-electron chi connectivity index (χ1n) is 7.77. The Balaban J connectivity index is 1.64. The summed E-state index contributed by atoms with van der Waals surface area (Å²) in [6.45, 7) is 1.79. The molecule has 0 unspecified atom stereocenters. The molecule has 2 aromatic rings. The van der Waals surface area contributed by atoms with Crippen LogP contribution in [0.5, 0.6) is 5.75 Å². The third-order valence-electron chi connectivity index (χ3n) is 4.38. The average Bonchev–Trinajstić information content (AvgIpc) is 2.90. The molecule has 0 amide bonds. The van der Waals surface area contributed by atoms with Gasteiger partial charge in [-0.25, -0.2) is 4.39 Å². The van der Waals surface area contributed by atoms with Gasteiger partial charge >= 0.3 is 0 Å². The van der Waals surface area contributed by atoms with E-state index in [-0.39, 0.29) is 11.7 Å². The maximum Gasteiger partial charge on any atom is 0.127 e. The number of likely N-dealkylation sites (tertiary alicyclic amines) is 1. The number of β-amino-alcohol motifs (C(OH)–C–C–N with tert-alkyl or cyclic N) is 1. The quantitative estimate of drug-likeness (QED) is 0.919. The predicted octanol–water partition coefficient (Wildman–Crippen LogP) is 2.26. The van der Waals surface area contributed by atoms with E-state index in [2.05, 4.69) is 9.88 Å². The number of aliphatic hydroxyl groups is 1. The van der Waals surface area contributed by atoms with Crippen LogP contribution in [0.1, 0.15) is 11.1 Å². The van der Waals surface area contributed by atoms with E-state index in [9.17, 15) is 9.50 Å². The fourth-order valence-corrected chi connectivity index (χ4v) is 3.13. The Morgan fingerprint density at radius 3 is 2.78 bits per heavy atom. The fraction of sp³-hybridized carbons (Fsp3) is 0.389. The van der Waals surface area contributed by atoms with Gasteiger partial charge in [-0.2, -0.15) is 0 Å². The summed E-state index contributed by atoms with van der Waals surface area (Å²) < 4.78 is 19.1. The summed E-state index contributed by atoms with van der Waals surface area (Å²) in [5.74, 6) is 0.568. The minimum absolute atomic E-state index is 0.158. The van der Waals surface area contributed by atoms with Crippen LogP contribution in [0.4, 0.5) is 4.39 Å². The van der Waals surface area contributed by atoms with Crippen molar-refractivity contribution in [2.24, 2.45) is 5.92 Å². The summed E-state index contributed by atoms with van der Waals surface area (Å²) in [6.07, 6.45) is 3.94. The number of hydrogen-bond acceptors (Lipinski definition) is 4. The van der Waals surface area contributed by atoms with Crippen LogP contribution in [0, 0.1) is 11.7 Å². The zero-order chi connectivity index (χ0) is 16.2. The second kappa shape index (κ2) is 7.06. The topological polar surface area (TPSA) is 45.6 Å². The van der Waals surface area contributed by atoms with Crippen LogP contribution in [0.15, 0.2) is 42.7 Å². The molecular formula is C18H21FN2O2. The molecule has 2 heterocycles. The number of methoxy groups -OCH3 is 1. The van der Waals surface area contributed by atoms with Gasteiger partial charge in [0.05, 0.1) is 13.2 Å². The first-order chi connectivity index (χ1) is 11.2. The lowest BCUT2D eigenvalue weighted by molar-refractivity contribution is 0.141. The van der Waals surface area contributed by atoms with Crippen molar-refractivity contribution in [1.29, 1.82) is 0 Å². The molecule has 1 saturated heterocycles. The van der Waals surface area contributed by atoms with Gasteiger partial charge in [0.15, 0.2) is 0 Å². The van der Waals surface area contributed by atoms with E-state index in [0.29, 0.717) is 24.4 Å². The molecule has 1 aliphatic rings. The average molecular weight is 316 g/mol. The van der Waals surface area contributed by atoms with Crippen molar-refractivity contribution in [3.05, 3.63) is 59.7 Å². The molecule has 5 heteroatoms. The molecule has 1 fully saturated rings. The van der Waals surface area contributed by atoms with Crippen molar-refractivity contribution < 1.29 is 14.2 Å². The molecule has 23 heavy (non-hydrogen) atoms. The number of pyridine rings is 1. The Hall–Kier alpha value is -1.98. The molecule has 0 bridgehead atoms. The van der Waals surface area contributed by atoms with E-state index < -0.39 is 6.10 Å². The number of aromatic nitrogens is 1. The zero-order valence-electron chi connectivity index (χ0n) is 13.2. The fourth-order valence-electron chi connectivity index (χ4n) is 3.13. The first-order valence-corrected chi connectivity index (χ1v) is 7.77. The molecule has 1 aliphatic heterocycles. The first kappa shape index (κ1) is 15.9. The van der Waals surface area contributed by atoms with E-state index in [0.717, 1.165) is 13.0 Å². The van der Waals surface area contributed by atoms with Crippen LogP contribution in [-0.4, -0.2) is 41.3 Å². The maximum atomic E-state index is 13.9. The van der Waals surface area contributed by atoms with Gasteiger partial charge < -0.3 is 9.84 Å². The SMILES string of the molecule is COc1ccc(F)c(CN2C[C@@H](Cc3ccncc3)[C@@H](O)C2)c1. The summed E-state index contributed by atoms with van der Waals surface area (Å²) in [5, 5.41) is 10.3. The Bertz CT molecular complexity index is 651. The molecule has 1 aromatic carbocycles. The molecule has 1 aromatic heterocycles. The highest BCUT2D eigenvalue weighted by atomic mass is 19.1. The minimum Gasteiger partial charge on any atom is -0.497 e. The van der Waals surface area contributed by atoms with E-state index in [1.54, 1.807) is 31.6 Å². The van der Waals surface area contributed by atoms with Crippen molar-refractivity contribution >= 4 is 0 Å². The van der Waals surface area contributed by atoms with Crippen molar-refractivity contribution in [3.8, 4) is 5.75 Å². The normalized spacial score (nSPS) is 21.5. The largest absolute Gasteiger partial charge is 0.497 e. The maximum absolute atomic E-state index is 13.9. The lowest BCUT2D eigenvalue weighted by Crippen LogP contribution is -2.22. The Morgan fingerprint density at radius 2 is 2.04 bits per heavy atom. The summed E-state index contributed by atoms with van der Waals surface area (Å²) in [5.41, 5.74) is 1.76. The highest BCUT2D eigenvalue weighted by molar-refractivity contribution is 5.30. The van der Waals surface area contributed by atoms with E-state index in [1.807, 2.05) is 12.1 Å². The van der Waals surface area contributed by atoms with Gasteiger partial charge in [-0.05, 0) is 42.3 Å². The molecule has 1 N–H and O–H groups in total. The highest BCUT2D eigenvalue weighted by Crippen LogP contribution is 2.25. The number of nitrogens with zero attached hydrogens (tertiary/aromatic N) is 2. The predicted molar refractivity (Wildman–Crippen MR) is 85.7 cm³/mol. The second-order valence-corrected chi connectivity index (χ2v) is 6.04. The lowest BCUT2D eigenvalue weighted by atomic mass is 9.97. The Kier molecular flexibility index (Phi) is 4.88. The monoisotopic (exact) mass is 316 g/mol. The van der Waals surface area contributed by atoms with Crippen LogP contribution < -0.4 is 4.74 Å². The van der Waals surface area contributed by atoms with Crippen molar-refractivity contribution in [2.75, 3.05) is 20.2 Å². The van der Waals surface area contributed by atoms with E-state index in [4.69, 9.17) is 4.74 Å². The number of ether oxygens (including phenoxy) is 1. The number of aliphatic hydroxyl groups excluding tert-OH is 1. The van der Waals surface area contributed by atoms with Gasteiger partial charge in [0.25, 0.3) is 0 Å². The summed E-state index contributed by atoms with van der Waals surface area (Å²) in [6, 6.07) is 8.70. The molecule has 122 valence electrons. The third kappa shape index (κ3) is 3.86. The van der Waals surface area contributed by atoms with Gasteiger partial charge in [0.1, 0.15) is 11.6 Å². The molecular weight excluding hydrogens is 295 g/mol. The molecule has 0 radical (unpaired) electrons. The molecule has 4 nitrogen and oxygen atoms in total. The van der Waals surface area contributed by atoms with Gasteiger partial charge in [-0.3, -0.25) is 9.88 Å². The van der Waals surface area contributed by atoms with Crippen molar-refractivity contribution in [3.63, 3.8) is 0 Å². The second-order valence-electron chi connectivity index (χ2n) is 6.04. The van der Waals surface area contributed by atoms with Gasteiger partial charge in [0.2, 0.25) is 0 Å². The lowest BCUT2D eigenvalue weighted by Gasteiger charge is -2.16. The van der Waals surface area contributed by atoms with Crippen molar-refractivity contribution in [2.45, 2.75) is 19.1 Å². The summed E-state index contributed by atoms with van der Waals surface area (Å²) in [4.78, 5) is 6.10. The third-order valence-corrected chi connectivity index (χ3v) is 4.38. The zero-order valence-corrected chi connectivity index (χ0v) is 13.2. The van der Waals surface area contributed by atoms with Crippen LogP contribution in [0.25, 0.3) is 0 Å². The van der Waals surface area contributed by atoms with Crippen molar-refractivity contribution in [1.82, 2.24) is 9.88 Å². The number of halogens is 1. The van der Waals surface area contributed by atoms with Crippen LogP contribution in [-0.2, 0) is 13.0 Å². The van der Waals surface area contributed by atoms with E-state index >= 15 is 0 Å². The van der Waals surface area contributed by atoms with Crippen LogP contribution in [0.2, 0.25) is 0 Å². The van der Waals surface area contributed by atoms with Gasteiger partial charge in [-0.15, -0.1) is 0 Å². The minimum atomic E-state index is -0.392. The van der Waals surface area contributed by atoms with E-state index in [1.165, 1.54) is 11.6 Å². The molecule has 0 spiro atoms. The smallest absolute Gasteiger partial charge is 0.127 e. The number of hydrogen-bond donors (Lipinski definition) is 1. The molecule has 3 rings (SSSR count). The molecule has 0 aliphatic carbocycles. The highest BCUT2D eigenvalue weighted by Gasteiger charge is 2.31. The number of rotatable bonds is 5. The molecule has 2 atom stereocenters. The Morgan fingerprint density at radius 1 is 1.26 bits per heavy atom. The molecule has 0 saturated carbocycles. The standard InChI is InChI=1S/C18H21FN2O2/c1-23-16-2-3-17(19)14(9-16)10-21-11-15(18(22)12-21)8-13-4-6-20-7-5-13/h2-7,9,15,18,22H,8,10-12H2,1H3/t15-,18+/m1/s1.